The predicted octanol–water partition coefficient (Wildman–Crippen LogP) is 1.84. The molecule has 21 heavy (non-hydrogen) atoms. The number of hydrogen-bond donors (Lipinski definition) is 2. The molecule has 0 radical (unpaired) electrons. The second-order valence-corrected chi connectivity index (χ2v) is 6.01. The molecule has 3 atom stereocenters. The first kappa shape index (κ1) is 16.1. The predicted molar refractivity (Wildman–Crippen MR) is 78.1 cm³/mol. The Bertz CT molecular complexity index is 375. The van der Waals surface area contributed by atoms with Gasteiger partial charge in [-0.1, -0.05) is 13.3 Å². The Kier molecular flexibility index (Phi) is 5.85. The highest BCUT2D eigenvalue weighted by Gasteiger charge is 2.35. The smallest absolute Gasteiger partial charge is 0.317 e. The topological polar surface area (TPSA) is 78.9 Å². The monoisotopic (exact) mass is 298 g/mol. The van der Waals surface area contributed by atoms with Crippen LogP contribution in [0.1, 0.15) is 45.4 Å². The minimum absolute atomic E-state index is 0.114. The van der Waals surface area contributed by atoms with Crippen LogP contribution in [0.2, 0.25) is 0 Å². The molecular formula is C15H26N2O4. The number of carboxylic acids is 1. The molecule has 0 spiro atoms. The maximum Gasteiger partial charge on any atom is 0.317 e. The number of rotatable bonds is 5. The largest absolute Gasteiger partial charge is 0.481 e. The highest BCUT2D eigenvalue weighted by atomic mass is 16.5. The number of nitrogens with one attached hydrogen (secondary N) is 1. The molecule has 2 rings (SSSR count). The summed E-state index contributed by atoms with van der Waals surface area (Å²) < 4.78 is 5.73. The summed E-state index contributed by atoms with van der Waals surface area (Å²) in [5.74, 6) is -1.24. The van der Waals surface area contributed by atoms with E-state index in [2.05, 4.69) is 12.2 Å². The summed E-state index contributed by atoms with van der Waals surface area (Å²) in [5.41, 5.74) is 0. The number of likely N-dealkylation sites (tertiary alicyclic amines) is 1. The van der Waals surface area contributed by atoms with Gasteiger partial charge in [0.25, 0.3) is 0 Å². The van der Waals surface area contributed by atoms with Gasteiger partial charge in [0.1, 0.15) is 0 Å². The third kappa shape index (κ3) is 4.33. The third-order valence-electron chi connectivity index (χ3n) is 4.37. The van der Waals surface area contributed by atoms with E-state index in [-0.39, 0.29) is 18.2 Å². The average Bonchev–Trinajstić information content (AvgIpc) is 2.93. The molecule has 2 N–H and O–H groups in total. The van der Waals surface area contributed by atoms with E-state index >= 15 is 0 Å². The van der Waals surface area contributed by atoms with Crippen LogP contribution < -0.4 is 5.32 Å². The van der Waals surface area contributed by atoms with Crippen molar-refractivity contribution in [1.29, 1.82) is 0 Å². The van der Waals surface area contributed by atoms with Crippen molar-refractivity contribution in [2.24, 2.45) is 5.92 Å². The van der Waals surface area contributed by atoms with E-state index in [0.717, 1.165) is 45.3 Å². The number of nitrogens with zero attached hydrogens (tertiary/aromatic N) is 1. The van der Waals surface area contributed by atoms with E-state index in [1.54, 1.807) is 4.90 Å². The maximum atomic E-state index is 12.3. The Morgan fingerprint density at radius 2 is 2.10 bits per heavy atom. The van der Waals surface area contributed by atoms with Crippen molar-refractivity contribution in [3.63, 3.8) is 0 Å². The fourth-order valence-electron chi connectivity index (χ4n) is 3.22. The number of hydrogen-bond acceptors (Lipinski definition) is 3. The van der Waals surface area contributed by atoms with Gasteiger partial charge in [0, 0.05) is 25.7 Å². The quantitative estimate of drug-likeness (QED) is 0.811. The molecule has 1 heterocycles. The van der Waals surface area contributed by atoms with Crippen molar-refractivity contribution in [1.82, 2.24) is 10.2 Å². The van der Waals surface area contributed by atoms with Gasteiger partial charge in [-0.3, -0.25) is 4.79 Å². The van der Waals surface area contributed by atoms with Crippen LogP contribution in [-0.4, -0.2) is 53.8 Å². The molecule has 2 aliphatic rings. The lowest BCUT2D eigenvalue weighted by Gasteiger charge is -2.33. The van der Waals surface area contributed by atoms with Gasteiger partial charge in [-0.15, -0.1) is 0 Å². The summed E-state index contributed by atoms with van der Waals surface area (Å²) in [7, 11) is 0. The molecule has 1 aliphatic heterocycles. The fraction of sp³-hybridized carbons (Fsp3) is 0.867. The first-order valence-corrected chi connectivity index (χ1v) is 8.01. The summed E-state index contributed by atoms with van der Waals surface area (Å²) >= 11 is 0. The van der Waals surface area contributed by atoms with Gasteiger partial charge >= 0.3 is 12.0 Å². The number of carboxylic acid groups (broad SMARTS) is 1. The molecule has 6 nitrogen and oxygen atoms in total. The Morgan fingerprint density at radius 3 is 2.81 bits per heavy atom. The second kappa shape index (κ2) is 7.64. The van der Waals surface area contributed by atoms with Crippen molar-refractivity contribution in [3.05, 3.63) is 0 Å². The lowest BCUT2D eigenvalue weighted by atomic mass is 10.0. The number of amides is 2. The molecule has 1 saturated carbocycles. The number of piperidine rings is 1. The van der Waals surface area contributed by atoms with Crippen LogP contribution in [0, 0.1) is 5.92 Å². The van der Waals surface area contributed by atoms with Gasteiger partial charge in [0.05, 0.1) is 12.0 Å². The van der Waals surface area contributed by atoms with Crippen LogP contribution in [-0.2, 0) is 9.53 Å². The second-order valence-electron chi connectivity index (χ2n) is 6.01. The van der Waals surface area contributed by atoms with Crippen LogP contribution in [0.5, 0.6) is 0 Å². The molecule has 3 unspecified atom stereocenters. The Hall–Kier alpha value is -1.30. The summed E-state index contributed by atoms with van der Waals surface area (Å²) in [4.78, 5) is 25.2. The van der Waals surface area contributed by atoms with Gasteiger partial charge in [0.2, 0.25) is 0 Å². The highest BCUT2D eigenvalue weighted by molar-refractivity contribution is 5.77. The van der Waals surface area contributed by atoms with Crippen molar-refractivity contribution in [2.45, 2.75) is 57.6 Å². The Morgan fingerprint density at radius 1 is 1.29 bits per heavy atom. The van der Waals surface area contributed by atoms with E-state index in [1.807, 2.05) is 0 Å². The zero-order valence-electron chi connectivity index (χ0n) is 12.7. The number of carbonyl (C=O) groups excluding carboxylic acids is 1. The Balaban J connectivity index is 1.83. The van der Waals surface area contributed by atoms with Gasteiger partial charge in [-0.2, -0.15) is 0 Å². The molecule has 1 saturated heterocycles. The van der Waals surface area contributed by atoms with Gasteiger partial charge < -0.3 is 20.1 Å². The van der Waals surface area contributed by atoms with E-state index in [4.69, 9.17) is 9.84 Å². The molecule has 120 valence electrons. The Labute approximate surface area is 125 Å². The van der Waals surface area contributed by atoms with E-state index in [0.29, 0.717) is 13.0 Å². The molecule has 0 aromatic rings. The summed E-state index contributed by atoms with van der Waals surface area (Å²) in [5, 5.41) is 12.1. The van der Waals surface area contributed by atoms with Crippen LogP contribution in [0.25, 0.3) is 0 Å². The van der Waals surface area contributed by atoms with Crippen molar-refractivity contribution in [2.75, 3.05) is 19.7 Å². The van der Waals surface area contributed by atoms with E-state index < -0.39 is 11.9 Å². The number of carbonyl (C=O) groups is 2. The van der Waals surface area contributed by atoms with Crippen LogP contribution in [0.3, 0.4) is 0 Å². The van der Waals surface area contributed by atoms with E-state index in [1.165, 1.54) is 0 Å². The lowest BCUT2D eigenvalue weighted by molar-refractivity contribution is -0.142. The van der Waals surface area contributed by atoms with Crippen LogP contribution in [0.4, 0.5) is 4.79 Å². The van der Waals surface area contributed by atoms with Crippen molar-refractivity contribution >= 4 is 12.0 Å². The summed E-state index contributed by atoms with van der Waals surface area (Å²) in [6, 6.07) is -0.370. The van der Waals surface area contributed by atoms with Crippen LogP contribution in [0.15, 0.2) is 0 Å². The molecule has 0 aromatic carbocycles. The molecule has 0 aromatic heterocycles. The van der Waals surface area contributed by atoms with Gasteiger partial charge in [0.15, 0.2) is 0 Å². The standard InChI is InChI=1S/C15H26N2O4/c1-2-9-21-11-5-4-8-17(10-11)15(20)16-13-7-3-6-12(13)14(18)19/h11-13H,2-10H2,1H3,(H,16,20)(H,18,19). The minimum atomic E-state index is -0.805. The average molecular weight is 298 g/mol. The summed E-state index contributed by atoms with van der Waals surface area (Å²) in [6.07, 6.45) is 5.30. The molecule has 1 aliphatic carbocycles. The van der Waals surface area contributed by atoms with Crippen molar-refractivity contribution < 1.29 is 19.4 Å². The molecule has 2 fully saturated rings. The van der Waals surface area contributed by atoms with Crippen LogP contribution >= 0.6 is 0 Å². The molecule has 6 heteroatoms. The molecular weight excluding hydrogens is 272 g/mol. The molecule has 2 amide bonds. The minimum Gasteiger partial charge on any atom is -0.481 e. The van der Waals surface area contributed by atoms with Gasteiger partial charge in [-0.05, 0) is 32.1 Å². The number of ether oxygens (including phenoxy) is 1. The molecule has 0 bridgehead atoms. The van der Waals surface area contributed by atoms with E-state index in [9.17, 15) is 9.59 Å². The zero-order chi connectivity index (χ0) is 15.2. The highest BCUT2D eigenvalue weighted by Crippen LogP contribution is 2.26. The first-order chi connectivity index (χ1) is 10.1. The number of aliphatic carboxylic acids is 1. The lowest BCUT2D eigenvalue weighted by Crippen LogP contribution is -2.51. The maximum absolute atomic E-state index is 12.3. The summed E-state index contributed by atoms with van der Waals surface area (Å²) in [6.45, 7) is 4.13. The van der Waals surface area contributed by atoms with Crippen molar-refractivity contribution in [3.8, 4) is 0 Å². The fourth-order valence-corrected chi connectivity index (χ4v) is 3.22. The normalized spacial score (nSPS) is 29.4. The number of urea groups is 1. The SMILES string of the molecule is CCCOC1CCCN(C(=O)NC2CCCC2C(=O)O)C1. The first-order valence-electron chi connectivity index (χ1n) is 8.01. The zero-order valence-corrected chi connectivity index (χ0v) is 12.7. The van der Waals surface area contributed by atoms with Gasteiger partial charge in [-0.25, -0.2) is 4.79 Å². The third-order valence-corrected chi connectivity index (χ3v) is 4.37.